The molecule has 0 radical (unpaired) electrons. The zero-order valence-corrected chi connectivity index (χ0v) is 11.6. The maximum Gasteiger partial charge on any atom is 0.142 e. The van der Waals surface area contributed by atoms with Gasteiger partial charge in [-0.05, 0) is 35.2 Å². The highest BCUT2D eigenvalue weighted by atomic mass is 35.5. The maximum absolute atomic E-state index is 5.88. The van der Waals surface area contributed by atoms with Crippen molar-refractivity contribution in [3.8, 4) is 0 Å². The van der Waals surface area contributed by atoms with E-state index in [0.29, 0.717) is 11.6 Å². The zero-order valence-electron chi connectivity index (χ0n) is 10.8. The lowest BCUT2D eigenvalue weighted by Gasteiger charge is -2.02. The Morgan fingerprint density at radius 2 is 1.89 bits per heavy atom. The van der Waals surface area contributed by atoms with E-state index in [0.717, 1.165) is 17.5 Å². The Hall–Kier alpha value is -1.80. The number of hydrogen-bond donors (Lipinski definition) is 0. The van der Waals surface area contributed by atoms with Gasteiger partial charge in [-0.1, -0.05) is 60.1 Å². The van der Waals surface area contributed by atoms with Gasteiger partial charge in [0.05, 0.1) is 6.21 Å². The second-order valence-electron chi connectivity index (χ2n) is 4.24. The summed E-state index contributed by atoms with van der Waals surface area (Å²) in [6, 6.07) is 15.8. The van der Waals surface area contributed by atoms with Crippen LogP contribution in [0.5, 0.6) is 0 Å². The van der Waals surface area contributed by atoms with Crippen molar-refractivity contribution in [1.29, 1.82) is 0 Å². The summed E-state index contributed by atoms with van der Waals surface area (Å²) in [4.78, 5) is 5.29. The fourth-order valence-corrected chi connectivity index (χ4v) is 1.93. The largest absolute Gasteiger partial charge is 0.391 e. The molecule has 0 aliphatic carbocycles. The molecule has 0 bridgehead atoms. The van der Waals surface area contributed by atoms with Gasteiger partial charge in [-0.3, -0.25) is 0 Å². The molecular weight excluding hydrogens is 258 g/mol. The van der Waals surface area contributed by atoms with Crippen LogP contribution < -0.4 is 0 Å². The van der Waals surface area contributed by atoms with E-state index in [-0.39, 0.29) is 0 Å². The number of halogens is 1. The monoisotopic (exact) mass is 273 g/mol. The fourth-order valence-electron chi connectivity index (χ4n) is 1.74. The van der Waals surface area contributed by atoms with Crippen LogP contribution in [0, 0.1) is 0 Å². The van der Waals surface area contributed by atoms with Crippen molar-refractivity contribution in [2.75, 3.05) is 0 Å². The molecule has 0 spiro atoms. The van der Waals surface area contributed by atoms with E-state index in [9.17, 15) is 0 Å². The summed E-state index contributed by atoms with van der Waals surface area (Å²) < 4.78 is 0. The van der Waals surface area contributed by atoms with Crippen molar-refractivity contribution in [1.82, 2.24) is 0 Å². The molecule has 2 aromatic carbocycles. The van der Waals surface area contributed by atoms with E-state index in [1.54, 1.807) is 6.21 Å². The van der Waals surface area contributed by atoms with Gasteiger partial charge in [0.15, 0.2) is 0 Å². The van der Waals surface area contributed by atoms with E-state index in [1.165, 1.54) is 5.56 Å². The van der Waals surface area contributed by atoms with E-state index in [2.05, 4.69) is 24.2 Å². The summed E-state index contributed by atoms with van der Waals surface area (Å²) in [6.45, 7) is 2.61. The van der Waals surface area contributed by atoms with Gasteiger partial charge in [0, 0.05) is 5.02 Å². The average molecular weight is 274 g/mol. The third-order valence-corrected chi connectivity index (χ3v) is 2.99. The normalized spacial score (nSPS) is 10.8. The minimum atomic E-state index is 0.477. The molecule has 0 fully saturated rings. The van der Waals surface area contributed by atoms with E-state index in [4.69, 9.17) is 16.4 Å². The van der Waals surface area contributed by atoms with Crippen LogP contribution in [0.1, 0.15) is 23.6 Å². The van der Waals surface area contributed by atoms with Gasteiger partial charge >= 0.3 is 0 Å². The van der Waals surface area contributed by atoms with Crippen LogP contribution in [-0.2, 0) is 17.9 Å². The second-order valence-corrected chi connectivity index (χ2v) is 4.67. The van der Waals surface area contributed by atoms with Crippen molar-refractivity contribution in [2.24, 2.45) is 5.16 Å². The molecular formula is C16H16ClNO. The van der Waals surface area contributed by atoms with Crippen LogP contribution in [0.15, 0.2) is 53.7 Å². The predicted molar refractivity (Wildman–Crippen MR) is 79.7 cm³/mol. The summed E-state index contributed by atoms with van der Waals surface area (Å²) in [5, 5.41) is 4.64. The van der Waals surface area contributed by atoms with Gasteiger partial charge < -0.3 is 4.84 Å². The van der Waals surface area contributed by atoms with E-state index in [1.807, 2.05) is 36.4 Å². The number of oxime groups is 1. The summed E-state index contributed by atoms with van der Waals surface area (Å²) in [5.74, 6) is 0. The van der Waals surface area contributed by atoms with Gasteiger partial charge in [0.1, 0.15) is 6.61 Å². The van der Waals surface area contributed by atoms with Gasteiger partial charge in [-0.15, -0.1) is 0 Å². The molecule has 19 heavy (non-hydrogen) atoms. The van der Waals surface area contributed by atoms with Crippen LogP contribution in [-0.4, -0.2) is 6.21 Å². The summed E-state index contributed by atoms with van der Waals surface area (Å²) in [5.41, 5.74) is 3.36. The maximum atomic E-state index is 5.88. The van der Waals surface area contributed by atoms with E-state index < -0.39 is 0 Å². The van der Waals surface area contributed by atoms with Crippen molar-refractivity contribution < 1.29 is 4.84 Å². The molecule has 0 saturated heterocycles. The second kappa shape index (κ2) is 6.95. The number of aryl methyl sites for hydroxylation is 1. The van der Waals surface area contributed by atoms with Crippen LogP contribution in [0.25, 0.3) is 0 Å². The topological polar surface area (TPSA) is 21.6 Å². The molecule has 0 atom stereocenters. The molecule has 2 rings (SSSR count). The third-order valence-electron chi connectivity index (χ3n) is 2.76. The number of nitrogens with zero attached hydrogens (tertiary/aromatic N) is 1. The smallest absolute Gasteiger partial charge is 0.142 e. The SMILES string of the molecule is CCc1cccc(CON=Cc2cccc(Cl)c2)c1. The minimum absolute atomic E-state index is 0.477. The summed E-state index contributed by atoms with van der Waals surface area (Å²) in [6.07, 6.45) is 2.69. The molecule has 2 nitrogen and oxygen atoms in total. The van der Waals surface area contributed by atoms with Crippen LogP contribution in [0.3, 0.4) is 0 Å². The highest BCUT2D eigenvalue weighted by Gasteiger charge is 1.95. The van der Waals surface area contributed by atoms with Crippen molar-refractivity contribution in [2.45, 2.75) is 20.0 Å². The Bertz CT molecular complexity index is 566. The molecule has 3 heteroatoms. The molecule has 0 aromatic heterocycles. The quantitative estimate of drug-likeness (QED) is 0.582. The molecule has 0 aliphatic heterocycles. The van der Waals surface area contributed by atoms with Crippen LogP contribution in [0.2, 0.25) is 5.02 Å². The van der Waals surface area contributed by atoms with Gasteiger partial charge in [0.25, 0.3) is 0 Å². The van der Waals surface area contributed by atoms with Gasteiger partial charge in [-0.2, -0.15) is 0 Å². The molecule has 0 N–H and O–H groups in total. The first-order valence-corrected chi connectivity index (χ1v) is 6.64. The van der Waals surface area contributed by atoms with Crippen LogP contribution in [0.4, 0.5) is 0 Å². The first-order chi connectivity index (χ1) is 9.28. The molecule has 0 amide bonds. The summed E-state index contributed by atoms with van der Waals surface area (Å²) in [7, 11) is 0. The predicted octanol–water partition coefficient (Wildman–Crippen LogP) is 4.45. The lowest BCUT2D eigenvalue weighted by atomic mass is 10.1. The number of benzene rings is 2. The number of hydrogen-bond acceptors (Lipinski definition) is 2. The van der Waals surface area contributed by atoms with E-state index >= 15 is 0 Å². The first kappa shape index (κ1) is 13.6. The lowest BCUT2D eigenvalue weighted by Crippen LogP contribution is -1.90. The Morgan fingerprint density at radius 1 is 1.11 bits per heavy atom. The fraction of sp³-hybridized carbons (Fsp3) is 0.188. The van der Waals surface area contributed by atoms with Crippen LogP contribution >= 0.6 is 11.6 Å². The van der Waals surface area contributed by atoms with Crippen molar-refractivity contribution in [3.63, 3.8) is 0 Å². The first-order valence-electron chi connectivity index (χ1n) is 6.26. The van der Waals surface area contributed by atoms with Crippen molar-refractivity contribution in [3.05, 3.63) is 70.2 Å². The molecule has 0 aliphatic rings. The Labute approximate surface area is 118 Å². The highest BCUT2D eigenvalue weighted by Crippen LogP contribution is 2.10. The Balaban J connectivity index is 1.89. The molecule has 2 aromatic rings. The molecule has 0 heterocycles. The van der Waals surface area contributed by atoms with Crippen molar-refractivity contribution >= 4 is 17.8 Å². The molecule has 98 valence electrons. The average Bonchev–Trinajstić information content (AvgIpc) is 2.44. The minimum Gasteiger partial charge on any atom is -0.391 e. The Kier molecular flexibility index (Phi) is 4.99. The Morgan fingerprint density at radius 3 is 2.68 bits per heavy atom. The molecule has 0 saturated carbocycles. The highest BCUT2D eigenvalue weighted by molar-refractivity contribution is 6.30. The summed E-state index contributed by atoms with van der Waals surface area (Å²) >= 11 is 5.88. The lowest BCUT2D eigenvalue weighted by molar-refractivity contribution is 0.132. The van der Waals surface area contributed by atoms with Gasteiger partial charge in [-0.25, -0.2) is 0 Å². The number of rotatable bonds is 5. The third kappa shape index (κ3) is 4.42. The van der Waals surface area contributed by atoms with Gasteiger partial charge in [0.2, 0.25) is 0 Å². The molecule has 0 unspecified atom stereocenters. The zero-order chi connectivity index (χ0) is 13.5. The standard InChI is InChI=1S/C16H16ClNO/c1-2-13-5-3-7-15(9-13)12-19-18-11-14-6-4-8-16(17)10-14/h3-11H,2,12H2,1H3.